The topological polar surface area (TPSA) is 54.0 Å². The van der Waals surface area contributed by atoms with Crippen molar-refractivity contribution in [3.63, 3.8) is 0 Å². The highest BCUT2D eigenvalue weighted by molar-refractivity contribution is 9.10. The normalized spacial score (nSPS) is 10.6. The van der Waals surface area contributed by atoms with E-state index in [0.29, 0.717) is 16.3 Å². The second-order valence-corrected chi connectivity index (χ2v) is 8.43. The van der Waals surface area contributed by atoms with Crippen LogP contribution in [0.1, 0.15) is 10.4 Å². The molecule has 7 heteroatoms. The van der Waals surface area contributed by atoms with Crippen LogP contribution in [0.4, 0.5) is 16.5 Å². The third kappa shape index (κ3) is 5.03. The van der Waals surface area contributed by atoms with Crippen molar-refractivity contribution in [2.75, 3.05) is 10.6 Å². The van der Waals surface area contributed by atoms with E-state index in [2.05, 4.69) is 31.5 Å². The molecule has 1 heterocycles. The highest BCUT2D eigenvalue weighted by Gasteiger charge is 2.09. The number of rotatable bonds is 5. The van der Waals surface area contributed by atoms with Gasteiger partial charge in [0.25, 0.3) is 5.91 Å². The number of amides is 1. The van der Waals surface area contributed by atoms with E-state index in [4.69, 9.17) is 11.6 Å². The molecule has 0 radical (unpaired) electrons. The van der Waals surface area contributed by atoms with Crippen molar-refractivity contribution < 1.29 is 4.79 Å². The van der Waals surface area contributed by atoms with Gasteiger partial charge in [0, 0.05) is 37.4 Å². The van der Waals surface area contributed by atoms with Crippen LogP contribution in [0.3, 0.4) is 0 Å². The van der Waals surface area contributed by atoms with Crippen molar-refractivity contribution >= 4 is 61.3 Å². The predicted molar refractivity (Wildman–Crippen MR) is 124 cm³/mol. The fourth-order valence-electron chi connectivity index (χ4n) is 2.71. The van der Waals surface area contributed by atoms with Crippen LogP contribution in [0.5, 0.6) is 0 Å². The Labute approximate surface area is 185 Å². The number of halogens is 2. The fraction of sp³-hybridized carbons (Fsp3) is 0. The molecular weight excluding hydrogens is 470 g/mol. The van der Waals surface area contributed by atoms with Gasteiger partial charge < -0.3 is 10.6 Å². The quantitative estimate of drug-likeness (QED) is 0.314. The molecule has 4 aromatic rings. The molecule has 0 aliphatic rings. The van der Waals surface area contributed by atoms with E-state index >= 15 is 0 Å². The summed E-state index contributed by atoms with van der Waals surface area (Å²) in [6.07, 6.45) is 0. The standard InChI is InChI=1S/C22H15BrClN3OS/c23-16-5-1-4-15(11-16)21(28)25-19-6-2-3-14(12-19)20-13-29-22(27-20)26-18-9-7-17(24)8-10-18/h1-13H,(H,25,28)(H,26,27). The molecule has 4 rings (SSSR count). The van der Waals surface area contributed by atoms with Gasteiger partial charge in [0.1, 0.15) is 0 Å². The van der Waals surface area contributed by atoms with Gasteiger partial charge in [-0.05, 0) is 54.6 Å². The summed E-state index contributed by atoms with van der Waals surface area (Å²) in [6, 6.07) is 22.4. The van der Waals surface area contributed by atoms with E-state index in [1.807, 2.05) is 66.0 Å². The zero-order chi connectivity index (χ0) is 20.2. The molecule has 0 aliphatic heterocycles. The number of anilines is 3. The Morgan fingerprint density at radius 1 is 0.966 bits per heavy atom. The SMILES string of the molecule is O=C(Nc1cccc(-c2csc(Nc3ccc(Cl)cc3)n2)c1)c1cccc(Br)c1. The monoisotopic (exact) mass is 483 g/mol. The minimum Gasteiger partial charge on any atom is -0.332 e. The Kier molecular flexibility index (Phi) is 5.94. The van der Waals surface area contributed by atoms with Gasteiger partial charge in [-0.15, -0.1) is 11.3 Å². The van der Waals surface area contributed by atoms with Gasteiger partial charge in [-0.1, -0.05) is 45.7 Å². The Balaban J connectivity index is 1.49. The van der Waals surface area contributed by atoms with Crippen molar-refractivity contribution in [2.45, 2.75) is 0 Å². The van der Waals surface area contributed by atoms with Crippen molar-refractivity contribution in [3.05, 3.63) is 93.2 Å². The van der Waals surface area contributed by atoms with Gasteiger partial charge in [-0.2, -0.15) is 0 Å². The van der Waals surface area contributed by atoms with Crippen LogP contribution in [0.25, 0.3) is 11.3 Å². The summed E-state index contributed by atoms with van der Waals surface area (Å²) in [5.74, 6) is -0.160. The van der Waals surface area contributed by atoms with Gasteiger partial charge in [-0.3, -0.25) is 4.79 Å². The van der Waals surface area contributed by atoms with Gasteiger partial charge in [0.15, 0.2) is 5.13 Å². The molecule has 2 N–H and O–H groups in total. The van der Waals surface area contributed by atoms with Crippen LogP contribution in [0.15, 0.2) is 82.6 Å². The second kappa shape index (κ2) is 8.78. The molecule has 0 bridgehead atoms. The van der Waals surface area contributed by atoms with Crippen LogP contribution in [0.2, 0.25) is 5.02 Å². The number of carbonyl (C=O) groups excluding carboxylic acids is 1. The van der Waals surface area contributed by atoms with Gasteiger partial charge in [-0.25, -0.2) is 4.98 Å². The molecule has 29 heavy (non-hydrogen) atoms. The number of hydrogen-bond acceptors (Lipinski definition) is 4. The number of hydrogen-bond donors (Lipinski definition) is 2. The summed E-state index contributed by atoms with van der Waals surface area (Å²) in [5.41, 5.74) is 3.99. The van der Waals surface area contributed by atoms with Gasteiger partial charge in [0.05, 0.1) is 5.69 Å². The van der Waals surface area contributed by atoms with Crippen LogP contribution in [-0.4, -0.2) is 10.9 Å². The van der Waals surface area contributed by atoms with Gasteiger partial charge >= 0.3 is 0 Å². The Morgan fingerprint density at radius 2 is 1.76 bits per heavy atom. The number of nitrogens with one attached hydrogen (secondary N) is 2. The van der Waals surface area contributed by atoms with Crippen LogP contribution in [0, 0.1) is 0 Å². The number of carbonyl (C=O) groups is 1. The first-order valence-corrected chi connectivity index (χ1v) is 10.8. The molecule has 144 valence electrons. The molecule has 1 amide bonds. The molecule has 0 unspecified atom stereocenters. The van der Waals surface area contributed by atoms with Crippen LogP contribution < -0.4 is 10.6 Å². The maximum Gasteiger partial charge on any atom is 0.255 e. The number of aromatic nitrogens is 1. The predicted octanol–water partition coefficient (Wildman–Crippen LogP) is 7.22. The van der Waals surface area contributed by atoms with E-state index in [0.717, 1.165) is 26.5 Å². The molecule has 0 saturated heterocycles. The van der Waals surface area contributed by atoms with E-state index in [-0.39, 0.29) is 5.91 Å². The van der Waals surface area contributed by atoms with E-state index in [1.165, 1.54) is 11.3 Å². The Hall–Kier alpha value is -2.67. The summed E-state index contributed by atoms with van der Waals surface area (Å²) in [6.45, 7) is 0. The molecule has 0 atom stereocenters. The molecule has 3 aromatic carbocycles. The lowest BCUT2D eigenvalue weighted by Gasteiger charge is -2.07. The van der Waals surface area contributed by atoms with Crippen molar-refractivity contribution in [1.82, 2.24) is 4.98 Å². The van der Waals surface area contributed by atoms with E-state index < -0.39 is 0 Å². The summed E-state index contributed by atoms with van der Waals surface area (Å²) in [7, 11) is 0. The summed E-state index contributed by atoms with van der Waals surface area (Å²) in [5, 5.41) is 9.66. The minimum atomic E-state index is -0.160. The smallest absolute Gasteiger partial charge is 0.255 e. The van der Waals surface area contributed by atoms with Crippen molar-refractivity contribution in [1.29, 1.82) is 0 Å². The second-order valence-electron chi connectivity index (χ2n) is 6.22. The molecule has 0 saturated carbocycles. The Bertz CT molecular complexity index is 1160. The zero-order valence-electron chi connectivity index (χ0n) is 15.0. The first kappa shape index (κ1) is 19.6. The lowest BCUT2D eigenvalue weighted by atomic mass is 10.1. The first-order valence-electron chi connectivity index (χ1n) is 8.72. The molecular formula is C22H15BrClN3OS. The Morgan fingerprint density at radius 3 is 2.55 bits per heavy atom. The van der Waals surface area contributed by atoms with Crippen molar-refractivity contribution in [2.24, 2.45) is 0 Å². The number of nitrogens with zero attached hydrogens (tertiary/aromatic N) is 1. The summed E-state index contributed by atoms with van der Waals surface area (Å²) < 4.78 is 0.863. The van der Waals surface area contributed by atoms with E-state index in [1.54, 1.807) is 12.1 Å². The molecule has 0 aliphatic carbocycles. The molecule has 0 spiro atoms. The number of benzene rings is 3. The summed E-state index contributed by atoms with van der Waals surface area (Å²) >= 11 is 10.8. The average molecular weight is 485 g/mol. The fourth-order valence-corrected chi connectivity index (χ4v) is 3.97. The maximum absolute atomic E-state index is 12.5. The maximum atomic E-state index is 12.5. The summed E-state index contributed by atoms with van der Waals surface area (Å²) in [4.78, 5) is 17.1. The number of thiazole rings is 1. The molecule has 1 aromatic heterocycles. The van der Waals surface area contributed by atoms with Gasteiger partial charge in [0.2, 0.25) is 0 Å². The lowest BCUT2D eigenvalue weighted by molar-refractivity contribution is 0.102. The van der Waals surface area contributed by atoms with Crippen molar-refractivity contribution in [3.8, 4) is 11.3 Å². The third-order valence-electron chi connectivity index (χ3n) is 4.10. The highest BCUT2D eigenvalue weighted by Crippen LogP contribution is 2.29. The lowest BCUT2D eigenvalue weighted by Crippen LogP contribution is -2.11. The van der Waals surface area contributed by atoms with Crippen LogP contribution >= 0.6 is 38.9 Å². The van der Waals surface area contributed by atoms with Crippen LogP contribution in [-0.2, 0) is 0 Å². The highest BCUT2D eigenvalue weighted by atomic mass is 79.9. The third-order valence-corrected chi connectivity index (χ3v) is 5.61. The van der Waals surface area contributed by atoms with E-state index in [9.17, 15) is 4.79 Å². The average Bonchev–Trinajstić information content (AvgIpc) is 3.18. The zero-order valence-corrected chi connectivity index (χ0v) is 18.2. The largest absolute Gasteiger partial charge is 0.332 e. The minimum absolute atomic E-state index is 0.160. The molecule has 4 nitrogen and oxygen atoms in total. The first-order chi connectivity index (χ1) is 14.1. The molecule has 0 fully saturated rings.